The van der Waals surface area contributed by atoms with Crippen LogP contribution in [-0.4, -0.2) is 47.3 Å². The summed E-state index contributed by atoms with van der Waals surface area (Å²) < 4.78 is 1.78. The van der Waals surface area contributed by atoms with Crippen molar-refractivity contribution < 1.29 is 9.59 Å². The Kier molecular flexibility index (Phi) is 6.78. The molecule has 0 spiro atoms. The molecule has 7 heteroatoms. The maximum atomic E-state index is 13.6. The second-order valence-corrected chi connectivity index (χ2v) is 10.2. The molecule has 1 fully saturated rings. The fraction of sp³-hybridized carbons (Fsp3) is 0.182. The van der Waals surface area contributed by atoms with Gasteiger partial charge < -0.3 is 19.5 Å². The number of aromatic nitrogens is 2. The summed E-state index contributed by atoms with van der Waals surface area (Å²) >= 11 is 0. The summed E-state index contributed by atoms with van der Waals surface area (Å²) in [6.45, 7) is 7.51. The summed E-state index contributed by atoms with van der Waals surface area (Å²) in [7, 11) is 0. The van der Waals surface area contributed by atoms with Crippen LogP contribution in [0, 0.1) is 13.8 Å². The summed E-state index contributed by atoms with van der Waals surface area (Å²) in [6, 6.07) is 29.3. The van der Waals surface area contributed by atoms with Crippen LogP contribution in [0.1, 0.15) is 21.7 Å². The highest BCUT2D eigenvalue weighted by Gasteiger charge is 2.25. The zero-order valence-corrected chi connectivity index (χ0v) is 22.7. The lowest BCUT2D eigenvalue weighted by Gasteiger charge is -2.37. The van der Waals surface area contributed by atoms with Crippen molar-refractivity contribution in [2.24, 2.45) is 0 Å². The lowest BCUT2D eigenvalue weighted by atomic mass is 10.0. The van der Waals surface area contributed by atoms with E-state index in [1.165, 1.54) is 5.56 Å². The molecule has 200 valence electrons. The van der Waals surface area contributed by atoms with Crippen LogP contribution in [0.25, 0.3) is 16.6 Å². The zero-order valence-electron chi connectivity index (χ0n) is 22.7. The van der Waals surface area contributed by atoms with Gasteiger partial charge in [-0.25, -0.2) is 4.98 Å². The van der Waals surface area contributed by atoms with Gasteiger partial charge in [-0.15, -0.1) is 0 Å². The largest absolute Gasteiger partial charge is 0.368 e. The number of fused-ring (bicyclic) bond motifs is 1. The summed E-state index contributed by atoms with van der Waals surface area (Å²) in [5.41, 5.74) is 6.68. The number of amides is 1. The molecule has 40 heavy (non-hydrogen) atoms. The van der Waals surface area contributed by atoms with Crippen LogP contribution < -0.4 is 15.1 Å². The first-order valence-electron chi connectivity index (χ1n) is 13.5. The van der Waals surface area contributed by atoms with Crippen LogP contribution in [0.4, 0.5) is 17.2 Å². The van der Waals surface area contributed by atoms with E-state index in [2.05, 4.69) is 34.2 Å². The van der Waals surface area contributed by atoms with Crippen molar-refractivity contribution in [3.8, 4) is 11.1 Å². The van der Waals surface area contributed by atoms with Gasteiger partial charge >= 0.3 is 0 Å². The number of benzene rings is 2. The molecule has 1 saturated heterocycles. The van der Waals surface area contributed by atoms with Gasteiger partial charge in [0.1, 0.15) is 11.5 Å². The standard InChI is InChI=1S/C33H31N5O2/c1-23-19-24(2)34-30(20-23)37-17-15-36(16-18-37)27-13-8-11-26(21-27)35-33(40)32(39)31-29(25-9-4-3-5-10-25)22-28-12-6-7-14-38(28)31/h3-14,19-22H,15-18H2,1-2H3,(H,35,40). The van der Waals surface area contributed by atoms with Crippen LogP contribution in [0.15, 0.2) is 97.2 Å². The summed E-state index contributed by atoms with van der Waals surface area (Å²) in [6.07, 6.45) is 1.82. The van der Waals surface area contributed by atoms with Crippen molar-refractivity contribution in [3.63, 3.8) is 0 Å². The smallest absolute Gasteiger partial charge is 0.298 e. The van der Waals surface area contributed by atoms with E-state index < -0.39 is 11.7 Å². The number of aryl methyl sites for hydroxylation is 2. The maximum absolute atomic E-state index is 13.6. The van der Waals surface area contributed by atoms with Crippen LogP contribution in [-0.2, 0) is 4.79 Å². The third-order valence-corrected chi connectivity index (χ3v) is 7.34. The van der Waals surface area contributed by atoms with Crippen LogP contribution >= 0.6 is 0 Å². The highest BCUT2D eigenvalue weighted by molar-refractivity contribution is 6.47. The molecule has 1 N–H and O–H groups in total. The third-order valence-electron chi connectivity index (χ3n) is 7.34. The fourth-order valence-corrected chi connectivity index (χ4v) is 5.44. The molecule has 0 atom stereocenters. The van der Waals surface area contributed by atoms with Gasteiger partial charge in [0.05, 0.1) is 0 Å². The second kappa shape index (κ2) is 10.7. The predicted octanol–water partition coefficient (Wildman–Crippen LogP) is 5.77. The van der Waals surface area contributed by atoms with E-state index >= 15 is 0 Å². The first-order chi connectivity index (χ1) is 19.5. The average molecular weight is 530 g/mol. The summed E-state index contributed by atoms with van der Waals surface area (Å²) in [5.74, 6) is -0.224. The lowest BCUT2D eigenvalue weighted by Crippen LogP contribution is -2.46. The number of hydrogen-bond donors (Lipinski definition) is 1. The molecule has 0 aliphatic carbocycles. The molecule has 0 bridgehead atoms. The van der Waals surface area contributed by atoms with Crippen molar-refractivity contribution in [3.05, 3.63) is 114 Å². The SMILES string of the molecule is Cc1cc(C)nc(N2CCN(c3cccc(NC(=O)C(=O)c4c(-c5ccccc5)cc5ccccn45)c3)CC2)c1. The molecule has 6 rings (SSSR count). The quantitative estimate of drug-likeness (QED) is 0.224. The molecular formula is C33H31N5O2. The minimum absolute atomic E-state index is 0.353. The Morgan fingerprint density at radius 2 is 1.52 bits per heavy atom. The van der Waals surface area contributed by atoms with E-state index in [0.29, 0.717) is 11.4 Å². The van der Waals surface area contributed by atoms with Crippen molar-refractivity contribution in [2.75, 3.05) is 41.3 Å². The lowest BCUT2D eigenvalue weighted by molar-refractivity contribution is -0.112. The average Bonchev–Trinajstić information content (AvgIpc) is 3.37. The molecule has 2 aromatic carbocycles. The Bertz CT molecular complexity index is 1680. The van der Waals surface area contributed by atoms with Crippen LogP contribution in [0.3, 0.4) is 0 Å². The number of ketones is 1. The topological polar surface area (TPSA) is 70.0 Å². The fourth-order valence-electron chi connectivity index (χ4n) is 5.44. The van der Waals surface area contributed by atoms with E-state index in [1.54, 1.807) is 4.40 Å². The van der Waals surface area contributed by atoms with E-state index in [-0.39, 0.29) is 0 Å². The molecule has 0 unspecified atom stereocenters. The molecule has 0 radical (unpaired) electrons. The number of Topliss-reactive ketones (excluding diaryl/α,β-unsaturated/α-hetero) is 1. The monoisotopic (exact) mass is 529 g/mol. The number of piperazine rings is 1. The van der Waals surface area contributed by atoms with Crippen molar-refractivity contribution in [2.45, 2.75) is 13.8 Å². The number of carbonyl (C=O) groups is 2. The van der Waals surface area contributed by atoms with E-state index in [0.717, 1.165) is 60.0 Å². The van der Waals surface area contributed by atoms with Gasteiger partial charge in [0.25, 0.3) is 11.7 Å². The molecule has 1 aliphatic rings. The number of pyridine rings is 2. The Hall–Kier alpha value is -4.91. The minimum atomic E-state index is -0.663. The molecule has 0 saturated carbocycles. The number of rotatable bonds is 6. The van der Waals surface area contributed by atoms with Crippen molar-refractivity contribution in [1.29, 1.82) is 0 Å². The molecular weight excluding hydrogens is 498 g/mol. The Labute approximate surface area is 233 Å². The van der Waals surface area contributed by atoms with E-state index in [4.69, 9.17) is 4.98 Å². The number of carbonyl (C=O) groups excluding carboxylic acids is 2. The van der Waals surface area contributed by atoms with Gasteiger partial charge in [0.15, 0.2) is 0 Å². The Morgan fingerprint density at radius 1 is 0.775 bits per heavy atom. The Balaban J connectivity index is 1.19. The predicted molar refractivity (Wildman–Crippen MR) is 160 cm³/mol. The number of nitrogens with one attached hydrogen (secondary N) is 1. The van der Waals surface area contributed by atoms with Crippen LogP contribution in [0.5, 0.6) is 0 Å². The van der Waals surface area contributed by atoms with E-state index in [9.17, 15) is 9.59 Å². The molecule has 3 aromatic heterocycles. The number of anilines is 3. The van der Waals surface area contributed by atoms with Gasteiger partial charge in [-0.05, 0) is 73.5 Å². The molecule has 1 amide bonds. The highest BCUT2D eigenvalue weighted by atomic mass is 16.2. The second-order valence-electron chi connectivity index (χ2n) is 10.2. The van der Waals surface area contributed by atoms with E-state index in [1.807, 2.05) is 92.0 Å². The van der Waals surface area contributed by atoms with Crippen molar-refractivity contribution in [1.82, 2.24) is 9.38 Å². The first kappa shape index (κ1) is 25.4. The number of hydrogen-bond acceptors (Lipinski definition) is 5. The maximum Gasteiger partial charge on any atom is 0.298 e. The summed E-state index contributed by atoms with van der Waals surface area (Å²) in [5, 5.41) is 2.85. The first-order valence-corrected chi connectivity index (χ1v) is 13.5. The molecule has 1 aliphatic heterocycles. The van der Waals surface area contributed by atoms with Gasteiger partial charge in [-0.3, -0.25) is 9.59 Å². The van der Waals surface area contributed by atoms with Gasteiger partial charge in [-0.1, -0.05) is 42.5 Å². The minimum Gasteiger partial charge on any atom is -0.368 e. The number of nitrogens with zero attached hydrogens (tertiary/aromatic N) is 4. The molecule has 7 nitrogen and oxygen atoms in total. The van der Waals surface area contributed by atoms with Crippen molar-refractivity contribution >= 4 is 34.4 Å². The Morgan fingerprint density at radius 3 is 2.30 bits per heavy atom. The summed E-state index contributed by atoms with van der Waals surface area (Å²) in [4.78, 5) is 36.2. The van der Waals surface area contributed by atoms with Gasteiger partial charge in [0, 0.05) is 60.5 Å². The highest BCUT2D eigenvalue weighted by Crippen LogP contribution is 2.29. The zero-order chi connectivity index (χ0) is 27.6. The third kappa shape index (κ3) is 5.06. The van der Waals surface area contributed by atoms with Crippen LogP contribution in [0.2, 0.25) is 0 Å². The van der Waals surface area contributed by atoms with Gasteiger partial charge in [0.2, 0.25) is 0 Å². The van der Waals surface area contributed by atoms with Gasteiger partial charge in [-0.2, -0.15) is 0 Å². The molecule has 5 aromatic rings. The molecule has 4 heterocycles. The normalized spacial score (nSPS) is 13.4.